The minimum atomic E-state index is 0.106. The smallest absolute Gasteiger partial charge is 0.0702 e. The molecule has 90 valence electrons. The summed E-state index contributed by atoms with van der Waals surface area (Å²) in [5.74, 6) is 0.703. The van der Waals surface area contributed by atoms with E-state index in [2.05, 4.69) is 31.0 Å². The average Bonchev–Trinajstić information content (AvgIpc) is 2.35. The van der Waals surface area contributed by atoms with Gasteiger partial charge in [0.2, 0.25) is 0 Å². The predicted molar refractivity (Wildman–Crippen MR) is 72.7 cm³/mol. The van der Waals surface area contributed by atoms with Gasteiger partial charge >= 0.3 is 0 Å². The Labute approximate surface area is 103 Å². The lowest BCUT2D eigenvalue weighted by atomic mass is 9.98. The van der Waals surface area contributed by atoms with E-state index in [4.69, 9.17) is 5.73 Å². The molecular weight excluding hydrogens is 208 g/mol. The summed E-state index contributed by atoms with van der Waals surface area (Å²) in [6.45, 7) is 4.46. The lowest BCUT2D eigenvalue weighted by molar-refractivity contribution is 0.507. The topological polar surface area (TPSA) is 38.9 Å². The van der Waals surface area contributed by atoms with Gasteiger partial charge in [-0.05, 0) is 36.5 Å². The van der Waals surface area contributed by atoms with Crippen LogP contribution < -0.4 is 5.73 Å². The molecule has 1 heterocycles. The standard InChI is InChI=1S/C15H20N2/c1-11(2)7-8-14(16)13-9-12-5-3-4-6-15(12)17-10-13/h3-6,9-11,14H,7-8,16H2,1-2H3. The number of rotatable bonds is 4. The first-order valence-corrected chi connectivity index (χ1v) is 6.27. The molecule has 0 radical (unpaired) electrons. The van der Waals surface area contributed by atoms with Crippen molar-refractivity contribution < 1.29 is 0 Å². The maximum atomic E-state index is 6.19. The van der Waals surface area contributed by atoms with Gasteiger partial charge in [0.25, 0.3) is 0 Å². The first-order valence-electron chi connectivity index (χ1n) is 6.27. The number of nitrogens with zero attached hydrogens (tertiary/aromatic N) is 1. The zero-order chi connectivity index (χ0) is 12.3. The minimum absolute atomic E-state index is 0.106. The van der Waals surface area contributed by atoms with Crippen LogP contribution in [0, 0.1) is 5.92 Å². The van der Waals surface area contributed by atoms with E-state index in [0.29, 0.717) is 5.92 Å². The van der Waals surface area contributed by atoms with E-state index in [1.807, 2.05) is 24.4 Å². The lowest BCUT2D eigenvalue weighted by Crippen LogP contribution is -2.11. The second-order valence-electron chi connectivity index (χ2n) is 5.04. The fourth-order valence-electron chi connectivity index (χ4n) is 1.97. The van der Waals surface area contributed by atoms with Crippen LogP contribution in [0.4, 0.5) is 0 Å². The Bertz CT molecular complexity index is 491. The molecule has 1 atom stereocenters. The van der Waals surface area contributed by atoms with E-state index in [-0.39, 0.29) is 6.04 Å². The number of aromatic nitrogens is 1. The van der Waals surface area contributed by atoms with Gasteiger partial charge in [-0.1, -0.05) is 32.0 Å². The molecule has 2 rings (SSSR count). The van der Waals surface area contributed by atoms with Crippen LogP contribution in [0.5, 0.6) is 0 Å². The number of nitrogens with two attached hydrogens (primary N) is 1. The van der Waals surface area contributed by atoms with Gasteiger partial charge in [0.05, 0.1) is 5.52 Å². The van der Waals surface area contributed by atoms with Crippen LogP contribution in [-0.2, 0) is 0 Å². The van der Waals surface area contributed by atoms with Crippen LogP contribution in [0.1, 0.15) is 38.3 Å². The molecule has 0 bridgehead atoms. The van der Waals surface area contributed by atoms with Crippen LogP contribution in [-0.4, -0.2) is 4.98 Å². The summed E-state index contributed by atoms with van der Waals surface area (Å²) in [6, 6.07) is 10.4. The maximum Gasteiger partial charge on any atom is 0.0702 e. The van der Waals surface area contributed by atoms with E-state index in [1.165, 1.54) is 5.39 Å². The SMILES string of the molecule is CC(C)CCC(N)c1cnc2ccccc2c1. The minimum Gasteiger partial charge on any atom is -0.324 e. The van der Waals surface area contributed by atoms with E-state index in [9.17, 15) is 0 Å². The van der Waals surface area contributed by atoms with Crippen molar-refractivity contribution in [3.05, 3.63) is 42.1 Å². The van der Waals surface area contributed by atoms with Crippen molar-refractivity contribution in [1.82, 2.24) is 4.98 Å². The third-order valence-electron chi connectivity index (χ3n) is 3.09. The van der Waals surface area contributed by atoms with Gasteiger partial charge < -0.3 is 5.73 Å². The molecule has 0 amide bonds. The van der Waals surface area contributed by atoms with E-state index >= 15 is 0 Å². The average molecular weight is 228 g/mol. The van der Waals surface area contributed by atoms with Crippen LogP contribution in [0.15, 0.2) is 36.5 Å². The van der Waals surface area contributed by atoms with Crippen LogP contribution >= 0.6 is 0 Å². The molecule has 0 aliphatic heterocycles. The Balaban J connectivity index is 2.18. The largest absolute Gasteiger partial charge is 0.324 e. The fourth-order valence-corrected chi connectivity index (χ4v) is 1.97. The number of hydrogen-bond donors (Lipinski definition) is 1. The normalized spacial score (nSPS) is 13.2. The van der Waals surface area contributed by atoms with E-state index < -0.39 is 0 Å². The molecule has 2 aromatic rings. The molecule has 1 unspecified atom stereocenters. The first kappa shape index (κ1) is 12.1. The summed E-state index contributed by atoms with van der Waals surface area (Å²) < 4.78 is 0. The third kappa shape index (κ3) is 3.04. The zero-order valence-electron chi connectivity index (χ0n) is 10.6. The van der Waals surface area contributed by atoms with Crippen molar-refractivity contribution in [2.24, 2.45) is 11.7 Å². The second kappa shape index (κ2) is 5.28. The van der Waals surface area contributed by atoms with Gasteiger partial charge in [-0.2, -0.15) is 0 Å². The summed E-state index contributed by atoms with van der Waals surface area (Å²) in [6.07, 6.45) is 4.10. The van der Waals surface area contributed by atoms with Crippen molar-refractivity contribution in [2.75, 3.05) is 0 Å². The molecule has 2 nitrogen and oxygen atoms in total. The molecule has 1 aromatic carbocycles. The molecule has 0 fully saturated rings. The number of benzene rings is 1. The monoisotopic (exact) mass is 228 g/mol. The first-order chi connectivity index (χ1) is 8.16. The van der Waals surface area contributed by atoms with Crippen LogP contribution in [0.3, 0.4) is 0 Å². The predicted octanol–water partition coefficient (Wildman–Crippen LogP) is 3.67. The fraction of sp³-hybridized carbons (Fsp3) is 0.400. The van der Waals surface area contributed by atoms with Crippen molar-refractivity contribution in [3.63, 3.8) is 0 Å². The summed E-state index contributed by atoms with van der Waals surface area (Å²) >= 11 is 0. The molecule has 0 saturated carbocycles. The summed E-state index contributed by atoms with van der Waals surface area (Å²) in [5.41, 5.74) is 8.37. The molecule has 1 aromatic heterocycles. The molecule has 0 saturated heterocycles. The highest BCUT2D eigenvalue weighted by Gasteiger charge is 2.08. The molecular formula is C15H20N2. The highest BCUT2D eigenvalue weighted by molar-refractivity contribution is 5.78. The Kier molecular flexibility index (Phi) is 3.75. The highest BCUT2D eigenvalue weighted by Crippen LogP contribution is 2.21. The van der Waals surface area contributed by atoms with Crippen molar-refractivity contribution in [1.29, 1.82) is 0 Å². The van der Waals surface area contributed by atoms with Crippen molar-refractivity contribution >= 4 is 10.9 Å². The number of pyridine rings is 1. The Morgan fingerprint density at radius 1 is 1.18 bits per heavy atom. The van der Waals surface area contributed by atoms with Gasteiger partial charge in [0, 0.05) is 17.6 Å². The molecule has 0 aliphatic rings. The van der Waals surface area contributed by atoms with Crippen molar-refractivity contribution in [2.45, 2.75) is 32.7 Å². The van der Waals surface area contributed by atoms with Gasteiger partial charge in [-0.15, -0.1) is 0 Å². The molecule has 17 heavy (non-hydrogen) atoms. The van der Waals surface area contributed by atoms with E-state index in [1.54, 1.807) is 0 Å². The van der Waals surface area contributed by atoms with E-state index in [0.717, 1.165) is 23.9 Å². The summed E-state index contributed by atoms with van der Waals surface area (Å²) in [7, 11) is 0. The van der Waals surface area contributed by atoms with Gasteiger partial charge in [0.1, 0.15) is 0 Å². The second-order valence-corrected chi connectivity index (χ2v) is 5.04. The molecule has 0 aliphatic carbocycles. The molecule has 2 N–H and O–H groups in total. The van der Waals surface area contributed by atoms with Gasteiger partial charge in [0.15, 0.2) is 0 Å². The highest BCUT2D eigenvalue weighted by atomic mass is 14.7. The van der Waals surface area contributed by atoms with Crippen molar-refractivity contribution in [3.8, 4) is 0 Å². The summed E-state index contributed by atoms with van der Waals surface area (Å²) in [5, 5.41) is 1.17. The van der Waals surface area contributed by atoms with Gasteiger partial charge in [-0.25, -0.2) is 0 Å². The quantitative estimate of drug-likeness (QED) is 0.867. The Morgan fingerprint density at radius 3 is 2.71 bits per heavy atom. The number of fused-ring (bicyclic) bond motifs is 1. The zero-order valence-corrected chi connectivity index (χ0v) is 10.6. The third-order valence-corrected chi connectivity index (χ3v) is 3.09. The van der Waals surface area contributed by atoms with Crippen LogP contribution in [0.2, 0.25) is 0 Å². The Morgan fingerprint density at radius 2 is 1.94 bits per heavy atom. The molecule has 0 spiro atoms. The Hall–Kier alpha value is -1.41. The lowest BCUT2D eigenvalue weighted by Gasteiger charge is -2.13. The maximum absolute atomic E-state index is 6.19. The number of para-hydroxylation sites is 1. The summed E-state index contributed by atoms with van der Waals surface area (Å²) in [4.78, 5) is 4.45. The number of hydrogen-bond acceptors (Lipinski definition) is 2. The molecule has 2 heteroatoms. The van der Waals surface area contributed by atoms with Gasteiger partial charge in [-0.3, -0.25) is 4.98 Å². The van der Waals surface area contributed by atoms with Crippen LogP contribution in [0.25, 0.3) is 10.9 Å².